The van der Waals surface area contributed by atoms with E-state index in [0.29, 0.717) is 32.1 Å². The monoisotopic (exact) mass is 616 g/mol. The van der Waals surface area contributed by atoms with Crippen molar-refractivity contribution >= 4 is 39.8 Å². The lowest BCUT2D eigenvalue weighted by Crippen LogP contribution is -2.44. The summed E-state index contributed by atoms with van der Waals surface area (Å²) in [5.74, 6) is 0.928. The van der Waals surface area contributed by atoms with E-state index in [1.54, 1.807) is 0 Å². The molecule has 8 rings (SSSR count). The van der Waals surface area contributed by atoms with Crippen molar-refractivity contribution in [3.05, 3.63) is 65.3 Å². The first-order chi connectivity index (χ1) is 21.4. The molecule has 1 aromatic heterocycles. The number of carbonyl (C=O) groups is 1. The standard InChI is InChI=1S/C34H38ClFN6O2/c1-2-30(43)41-16-11-28-27(41)12-17-42(28)32-24-10-15-39(29-9-4-7-22-6-3-8-25(35)31(22)29)20-26(24)37-33(38-32)44-21-34-13-5-14-40(34)19-23(36)18-34/h2-4,6-9,23,27-28H,1,5,10-21H2/t23-,27+,28+,34+/m1/s1. The first-order valence-corrected chi connectivity index (χ1v) is 16.4. The summed E-state index contributed by atoms with van der Waals surface area (Å²) < 4.78 is 21.0. The summed E-state index contributed by atoms with van der Waals surface area (Å²) >= 11 is 6.73. The van der Waals surface area contributed by atoms with Crippen molar-refractivity contribution in [1.82, 2.24) is 19.8 Å². The first-order valence-electron chi connectivity index (χ1n) is 16.0. The van der Waals surface area contributed by atoms with Crippen LogP contribution in [0.4, 0.5) is 15.9 Å². The summed E-state index contributed by atoms with van der Waals surface area (Å²) in [5.41, 5.74) is 2.92. The van der Waals surface area contributed by atoms with Crippen molar-refractivity contribution < 1.29 is 13.9 Å². The number of nitrogens with zero attached hydrogens (tertiary/aromatic N) is 6. The molecule has 0 spiro atoms. The van der Waals surface area contributed by atoms with Gasteiger partial charge in [0.05, 0.1) is 34.9 Å². The Morgan fingerprint density at radius 1 is 1.11 bits per heavy atom. The highest BCUT2D eigenvalue weighted by Gasteiger charge is 2.50. The number of ether oxygens (including phenoxy) is 1. The van der Waals surface area contributed by atoms with E-state index < -0.39 is 6.17 Å². The lowest BCUT2D eigenvalue weighted by Gasteiger charge is -2.35. The van der Waals surface area contributed by atoms with E-state index in [1.807, 2.05) is 17.0 Å². The molecule has 4 saturated heterocycles. The number of aromatic nitrogens is 2. The zero-order chi connectivity index (χ0) is 30.0. The Morgan fingerprint density at radius 2 is 1.95 bits per heavy atom. The third kappa shape index (κ3) is 4.53. The van der Waals surface area contributed by atoms with Gasteiger partial charge in [-0.25, -0.2) is 4.39 Å². The normalized spacial score (nSPS) is 28.0. The number of alkyl halides is 1. The van der Waals surface area contributed by atoms with Crippen LogP contribution in [0.15, 0.2) is 49.1 Å². The maximum absolute atomic E-state index is 14.5. The van der Waals surface area contributed by atoms with Crippen LogP contribution in [0.2, 0.25) is 5.02 Å². The van der Waals surface area contributed by atoms with E-state index >= 15 is 0 Å². The molecule has 5 aliphatic rings. The van der Waals surface area contributed by atoms with Gasteiger partial charge in [0.2, 0.25) is 5.91 Å². The van der Waals surface area contributed by atoms with Gasteiger partial charge in [0, 0.05) is 49.2 Å². The number of hydrogen-bond acceptors (Lipinski definition) is 7. The number of rotatable bonds is 6. The molecule has 1 amide bonds. The Bertz CT molecular complexity index is 1630. The van der Waals surface area contributed by atoms with Gasteiger partial charge in [0.1, 0.15) is 18.6 Å². The molecule has 3 aromatic rings. The van der Waals surface area contributed by atoms with Crippen LogP contribution in [0.3, 0.4) is 0 Å². The highest BCUT2D eigenvalue weighted by Crippen LogP contribution is 2.42. The van der Waals surface area contributed by atoms with Crippen LogP contribution >= 0.6 is 11.6 Å². The Hall–Kier alpha value is -3.43. The van der Waals surface area contributed by atoms with Crippen molar-refractivity contribution in [3.8, 4) is 6.01 Å². The zero-order valence-electron chi connectivity index (χ0n) is 24.9. The number of hydrogen-bond donors (Lipinski definition) is 0. The van der Waals surface area contributed by atoms with Crippen molar-refractivity contribution in [2.24, 2.45) is 0 Å². The van der Waals surface area contributed by atoms with Gasteiger partial charge < -0.3 is 19.4 Å². The molecule has 0 bridgehead atoms. The van der Waals surface area contributed by atoms with E-state index in [9.17, 15) is 9.18 Å². The van der Waals surface area contributed by atoms with Gasteiger partial charge in [-0.2, -0.15) is 9.97 Å². The number of halogens is 2. The van der Waals surface area contributed by atoms with E-state index in [0.717, 1.165) is 96.8 Å². The predicted octanol–water partition coefficient (Wildman–Crippen LogP) is 5.17. The van der Waals surface area contributed by atoms with Gasteiger partial charge in [-0.15, -0.1) is 0 Å². The van der Waals surface area contributed by atoms with Gasteiger partial charge in [0.25, 0.3) is 0 Å². The summed E-state index contributed by atoms with van der Waals surface area (Å²) in [4.78, 5) is 31.7. The van der Waals surface area contributed by atoms with Crippen LogP contribution in [-0.4, -0.2) is 88.8 Å². The van der Waals surface area contributed by atoms with Gasteiger partial charge in [-0.05, 0) is 62.2 Å². The number of amides is 1. The Morgan fingerprint density at radius 3 is 2.82 bits per heavy atom. The van der Waals surface area contributed by atoms with Crippen molar-refractivity contribution in [1.29, 1.82) is 0 Å². The van der Waals surface area contributed by atoms with Crippen LogP contribution in [0.1, 0.15) is 43.4 Å². The number of likely N-dealkylation sites (tertiary alicyclic amines) is 1. The average Bonchev–Trinajstić information content (AvgIpc) is 3.80. The van der Waals surface area contributed by atoms with Gasteiger partial charge in [-0.3, -0.25) is 9.69 Å². The quantitative estimate of drug-likeness (QED) is 0.354. The molecular formula is C34H38ClFN6O2. The number of anilines is 2. The van der Waals surface area contributed by atoms with E-state index in [1.165, 1.54) is 6.08 Å². The minimum atomic E-state index is -0.815. The molecule has 0 unspecified atom stereocenters. The predicted molar refractivity (Wildman–Crippen MR) is 170 cm³/mol. The van der Waals surface area contributed by atoms with E-state index in [2.05, 4.69) is 45.5 Å². The molecule has 5 aliphatic heterocycles. The smallest absolute Gasteiger partial charge is 0.318 e. The second-order valence-electron chi connectivity index (χ2n) is 13.0. The number of carbonyl (C=O) groups excluding carboxylic acids is 1. The SMILES string of the molecule is C=CC(=O)N1CC[C@H]2[C@@H]1CCN2c1nc(OC[C@@]23CCCN2C[C@H](F)C3)nc2c1CCN(c1cccc3cccc(Cl)c13)C2. The molecule has 4 atom stereocenters. The fourth-order valence-electron chi connectivity index (χ4n) is 8.72. The molecule has 10 heteroatoms. The molecule has 0 saturated carbocycles. The van der Waals surface area contributed by atoms with Crippen LogP contribution < -0.4 is 14.5 Å². The maximum atomic E-state index is 14.5. The molecule has 230 valence electrons. The molecule has 4 fully saturated rings. The lowest BCUT2D eigenvalue weighted by atomic mass is 9.95. The van der Waals surface area contributed by atoms with Gasteiger partial charge in [0.15, 0.2) is 0 Å². The largest absolute Gasteiger partial charge is 0.461 e. The third-order valence-corrected chi connectivity index (χ3v) is 11.0. The number of benzene rings is 2. The Kier molecular flexibility index (Phi) is 6.94. The second kappa shape index (κ2) is 10.9. The first kappa shape index (κ1) is 28.1. The minimum Gasteiger partial charge on any atom is -0.461 e. The highest BCUT2D eigenvalue weighted by atomic mass is 35.5. The Balaban J connectivity index is 1.15. The fourth-order valence-corrected chi connectivity index (χ4v) is 9.00. The lowest BCUT2D eigenvalue weighted by molar-refractivity contribution is -0.126. The summed E-state index contributed by atoms with van der Waals surface area (Å²) in [5, 5.41) is 2.90. The molecule has 6 heterocycles. The van der Waals surface area contributed by atoms with Gasteiger partial charge in [-0.1, -0.05) is 42.4 Å². The summed E-state index contributed by atoms with van der Waals surface area (Å²) in [6, 6.07) is 13.0. The molecule has 8 nitrogen and oxygen atoms in total. The Labute approximate surface area is 262 Å². The van der Waals surface area contributed by atoms with Crippen molar-refractivity contribution in [3.63, 3.8) is 0 Å². The van der Waals surface area contributed by atoms with Crippen molar-refractivity contribution in [2.75, 3.05) is 49.1 Å². The number of fused-ring (bicyclic) bond motifs is 4. The van der Waals surface area contributed by atoms with E-state index in [-0.39, 0.29) is 23.5 Å². The highest BCUT2D eigenvalue weighted by molar-refractivity contribution is 6.36. The minimum absolute atomic E-state index is 0.000540. The topological polar surface area (TPSA) is 65.0 Å². The molecule has 0 radical (unpaired) electrons. The third-order valence-electron chi connectivity index (χ3n) is 10.7. The zero-order valence-corrected chi connectivity index (χ0v) is 25.7. The molecule has 0 N–H and O–H groups in total. The second-order valence-corrected chi connectivity index (χ2v) is 13.5. The molecule has 44 heavy (non-hydrogen) atoms. The van der Waals surface area contributed by atoms with Crippen LogP contribution in [-0.2, 0) is 17.8 Å². The van der Waals surface area contributed by atoms with Crippen molar-refractivity contribution in [2.45, 2.75) is 68.9 Å². The van der Waals surface area contributed by atoms with E-state index in [4.69, 9.17) is 26.3 Å². The summed E-state index contributed by atoms with van der Waals surface area (Å²) in [6.45, 7) is 8.48. The maximum Gasteiger partial charge on any atom is 0.318 e. The fraction of sp³-hybridized carbons (Fsp3) is 0.500. The summed E-state index contributed by atoms with van der Waals surface area (Å²) in [6.07, 6.45) is 5.69. The van der Waals surface area contributed by atoms with Crippen LogP contribution in [0, 0.1) is 0 Å². The molecular weight excluding hydrogens is 579 g/mol. The van der Waals surface area contributed by atoms with Gasteiger partial charge >= 0.3 is 6.01 Å². The van der Waals surface area contributed by atoms with Crippen LogP contribution in [0.25, 0.3) is 10.8 Å². The average molecular weight is 617 g/mol. The molecule has 0 aliphatic carbocycles. The van der Waals surface area contributed by atoms with Crippen LogP contribution in [0.5, 0.6) is 6.01 Å². The summed E-state index contributed by atoms with van der Waals surface area (Å²) in [7, 11) is 0. The molecule has 2 aromatic carbocycles.